The zero-order valence-corrected chi connectivity index (χ0v) is 6.88. The van der Waals surface area contributed by atoms with E-state index in [2.05, 4.69) is 15.6 Å². The van der Waals surface area contributed by atoms with Crippen LogP contribution in [0.15, 0.2) is 4.52 Å². The number of nitrogens with zero attached hydrogens (tertiary/aromatic N) is 2. The molecule has 0 unspecified atom stereocenters. The zero-order valence-electron chi connectivity index (χ0n) is 6.88. The van der Waals surface area contributed by atoms with Gasteiger partial charge in [-0.3, -0.25) is 5.84 Å². The van der Waals surface area contributed by atoms with Crippen molar-refractivity contribution in [3.8, 4) is 0 Å². The molecule has 0 atom stereocenters. The second kappa shape index (κ2) is 2.60. The van der Waals surface area contributed by atoms with Crippen molar-refractivity contribution in [2.45, 2.75) is 26.3 Å². The lowest BCUT2D eigenvalue weighted by atomic mass is 10.1. The highest BCUT2D eigenvalue weighted by Crippen LogP contribution is 2.14. The maximum atomic E-state index is 5.28. The molecule has 0 saturated heterocycles. The van der Waals surface area contributed by atoms with Gasteiger partial charge >= 0.3 is 0 Å². The van der Waals surface area contributed by atoms with E-state index >= 15 is 0 Å². The first kappa shape index (κ1) is 8.16. The number of aromatic nitrogens is 2. The average molecular weight is 156 g/mol. The smallest absolute Gasteiger partial charge is 0.223 e. The molecule has 62 valence electrons. The largest absolute Gasteiger partial charge is 0.340 e. The van der Waals surface area contributed by atoms with Gasteiger partial charge in [0.1, 0.15) is 0 Å². The fraction of sp³-hybridized carbons (Fsp3) is 0.667. The predicted molar refractivity (Wildman–Crippen MR) is 39.4 cm³/mol. The highest BCUT2D eigenvalue weighted by molar-refractivity contribution is 4.98. The SMILES string of the molecule is Cc1nc(C(C)(C)NN)no1. The van der Waals surface area contributed by atoms with Gasteiger partial charge in [-0.2, -0.15) is 4.98 Å². The minimum Gasteiger partial charge on any atom is -0.340 e. The molecule has 0 aliphatic carbocycles. The summed E-state index contributed by atoms with van der Waals surface area (Å²) in [5, 5.41) is 3.73. The predicted octanol–water partition coefficient (Wildman–Crippen LogP) is 0.0764. The second-order valence-corrected chi connectivity index (χ2v) is 2.91. The topological polar surface area (TPSA) is 77.0 Å². The van der Waals surface area contributed by atoms with E-state index < -0.39 is 5.54 Å². The van der Waals surface area contributed by atoms with E-state index in [9.17, 15) is 0 Å². The minimum atomic E-state index is -0.433. The highest BCUT2D eigenvalue weighted by atomic mass is 16.5. The molecule has 0 fully saturated rings. The molecule has 0 amide bonds. The van der Waals surface area contributed by atoms with Crippen LogP contribution < -0.4 is 11.3 Å². The maximum Gasteiger partial charge on any atom is 0.223 e. The van der Waals surface area contributed by atoms with Crippen LogP contribution in [-0.2, 0) is 5.54 Å². The quantitative estimate of drug-likeness (QED) is 0.468. The summed E-state index contributed by atoms with van der Waals surface area (Å²) >= 11 is 0. The molecule has 1 aromatic rings. The summed E-state index contributed by atoms with van der Waals surface area (Å²) in [6, 6.07) is 0. The van der Waals surface area contributed by atoms with Crippen molar-refractivity contribution < 1.29 is 4.52 Å². The number of aryl methyl sites for hydroxylation is 1. The second-order valence-electron chi connectivity index (χ2n) is 2.91. The molecular weight excluding hydrogens is 144 g/mol. The van der Waals surface area contributed by atoms with Crippen molar-refractivity contribution in [1.29, 1.82) is 0 Å². The Hall–Kier alpha value is -0.940. The Morgan fingerprint density at radius 3 is 2.55 bits per heavy atom. The standard InChI is InChI=1S/C6H12N4O/c1-4-8-5(9-11-4)6(2,3)10-7/h10H,7H2,1-3H3. The van der Waals surface area contributed by atoms with Crippen molar-refractivity contribution in [2.24, 2.45) is 5.84 Å². The van der Waals surface area contributed by atoms with E-state index in [1.807, 2.05) is 13.8 Å². The van der Waals surface area contributed by atoms with Crippen LogP contribution in [0.4, 0.5) is 0 Å². The molecule has 1 aromatic heterocycles. The lowest BCUT2D eigenvalue weighted by Crippen LogP contribution is -2.42. The molecule has 0 radical (unpaired) electrons. The number of hydrogen-bond donors (Lipinski definition) is 2. The van der Waals surface area contributed by atoms with Gasteiger partial charge in [0.25, 0.3) is 0 Å². The molecule has 0 spiro atoms. The van der Waals surface area contributed by atoms with Gasteiger partial charge in [-0.15, -0.1) is 0 Å². The van der Waals surface area contributed by atoms with Crippen LogP contribution in [0.1, 0.15) is 25.6 Å². The Morgan fingerprint density at radius 1 is 1.55 bits per heavy atom. The molecular formula is C6H12N4O. The highest BCUT2D eigenvalue weighted by Gasteiger charge is 2.23. The molecule has 0 bridgehead atoms. The lowest BCUT2D eigenvalue weighted by Gasteiger charge is -2.17. The molecule has 5 nitrogen and oxygen atoms in total. The van der Waals surface area contributed by atoms with E-state index in [1.165, 1.54) is 0 Å². The third kappa shape index (κ3) is 1.55. The van der Waals surface area contributed by atoms with Gasteiger partial charge in [0.2, 0.25) is 5.89 Å². The summed E-state index contributed by atoms with van der Waals surface area (Å²) in [5.41, 5.74) is 2.15. The fourth-order valence-electron chi connectivity index (χ4n) is 0.618. The molecule has 3 N–H and O–H groups in total. The summed E-state index contributed by atoms with van der Waals surface area (Å²) in [6.45, 7) is 5.48. The van der Waals surface area contributed by atoms with Crippen molar-refractivity contribution in [1.82, 2.24) is 15.6 Å². The molecule has 0 aliphatic heterocycles. The molecule has 0 aliphatic rings. The Bertz CT molecular complexity index is 242. The van der Waals surface area contributed by atoms with Crippen LogP contribution in [0, 0.1) is 6.92 Å². The summed E-state index contributed by atoms with van der Waals surface area (Å²) < 4.78 is 4.80. The summed E-state index contributed by atoms with van der Waals surface area (Å²) in [4.78, 5) is 4.03. The van der Waals surface area contributed by atoms with Gasteiger partial charge < -0.3 is 4.52 Å². The third-order valence-electron chi connectivity index (χ3n) is 1.45. The molecule has 5 heteroatoms. The van der Waals surface area contributed by atoms with Crippen LogP contribution in [0.5, 0.6) is 0 Å². The first-order valence-electron chi connectivity index (χ1n) is 3.35. The van der Waals surface area contributed by atoms with E-state index in [1.54, 1.807) is 6.92 Å². The van der Waals surface area contributed by atoms with Crippen LogP contribution in [0.3, 0.4) is 0 Å². The summed E-state index contributed by atoms with van der Waals surface area (Å²) in [6.07, 6.45) is 0. The Labute approximate surface area is 64.9 Å². The van der Waals surface area contributed by atoms with E-state index in [-0.39, 0.29) is 0 Å². The monoisotopic (exact) mass is 156 g/mol. The van der Waals surface area contributed by atoms with E-state index in [4.69, 9.17) is 10.4 Å². The fourth-order valence-corrected chi connectivity index (χ4v) is 0.618. The summed E-state index contributed by atoms with van der Waals surface area (Å²) in [7, 11) is 0. The van der Waals surface area contributed by atoms with E-state index in [0.717, 1.165) is 0 Å². The number of nitrogens with two attached hydrogens (primary N) is 1. The van der Waals surface area contributed by atoms with Gasteiger partial charge in [-0.05, 0) is 13.8 Å². The van der Waals surface area contributed by atoms with Gasteiger partial charge in [-0.1, -0.05) is 5.16 Å². The first-order chi connectivity index (χ1) is 5.06. The van der Waals surface area contributed by atoms with Crippen LogP contribution >= 0.6 is 0 Å². The van der Waals surface area contributed by atoms with Crippen LogP contribution in [0.25, 0.3) is 0 Å². The van der Waals surface area contributed by atoms with Crippen molar-refractivity contribution in [3.63, 3.8) is 0 Å². The number of rotatable bonds is 2. The van der Waals surface area contributed by atoms with Crippen molar-refractivity contribution in [3.05, 3.63) is 11.7 Å². The molecule has 0 aromatic carbocycles. The molecule has 11 heavy (non-hydrogen) atoms. The van der Waals surface area contributed by atoms with Gasteiger partial charge in [0.05, 0.1) is 5.54 Å². The number of nitrogens with one attached hydrogen (secondary N) is 1. The van der Waals surface area contributed by atoms with Crippen LogP contribution in [-0.4, -0.2) is 10.1 Å². The Morgan fingerprint density at radius 2 is 2.18 bits per heavy atom. The van der Waals surface area contributed by atoms with Gasteiger partial charge in [0, 0.05) is 6.92 Å². The number of hydrazine groups is 1. The van der Waals surface area contributed by atoms with Crippen molar-refractivity contribution >= 4 is 0 Å². The van der Waals surface area contributed by atoms with Gasteiger partial charge in [-0.25, -0.2) is 5.43 Å². The van der Waals surface area contributed by atoms with E-state index in [0.29, 0.717) is 11.7 Å². The maximum absolute atomic E-state index is 5.28. The lowest BCUT2D eigenvalue weighted by molar-refractivity contribution is 0.342. The number of hydrogen-bond acceptors (Lipinski definition) is 5. The molecule has 1 rings (SSSR count). The third-order valence-corrected chi connectivity index (χ3v) is 1.45. The molecule has 0 saturated carbocycles. The van der Waals surface area contributed by atoms with Gasteiger partial charge in [0.15, 0.2) is 5.82 Å². The first-order valence-corrected chi connectivity index (χ1v) is 3.35. The normalized spacial score (nSPS) is 12.0. The Kier molecular flexibility index (Phi) is 1.92. The van der Waals surface area contributed by atoms with Crippen LogP contribution in [0.2, 0.25) is 0 Å². The Balaban J connectivity index is 2.92. The van der Waals surface area contributed by atoms with Crippen molar-refractivity contribution in [2.75, 3.05) is 0 Å². The minimum absolute atomic E-state index is 0.433. The summed E-state index contributed by atoms with van der Waals surface area (Å²) in [5.74, 6) is 6.39. The zero-order chi connectivity index (χ0) is 8.48. The average Bonchev–Trinajstić information content (AvgIpc) is 2.36. The molecule has 1 heterocycles.